The minimum Gasteiger partial charge on any atom is -0.478 e. The van der Waals surface area contributed by atoms with Gasteiger partial charge >= 0.3 is 5.97 Å². The summed E-state index contributed by atoms with van der Waals surface area (Å²) in [5, 5.41) is 13.0. The number of amides is 1. The van der Waals surface area contributed by atoms with E-state index in [0.717, 1.165) is 32.7 Å². The van der Waals surface area contributed by atoms with Crippen LogP contribution in [0, 0.1) is 5.82 Å². The normalized spacial score (nSPS) is 14.6. The molecule has 1 fully saturated rings. The van der Waals surface area contributed by atoms with Crippen LogP contribution in [0.4, 0.5) is 15.9 Å². The molecule has 160 valence electrons. The highest BCUT2D eigenvalue weighted by atomic mass is 19.1. The molecule has 1 saturated heterocycles. The molecule has 7 nitrogen and oxygen atoms in total. The lowest BCUT2D eigenvalue weighted by molar-refractivity contribution is 0.0698. The van der Waals surface area contributed by atoms with Crippen molar-refractivity contribution in [1.82, 2.24) is 9.88 Å². The van der Waals surface area contributed by atoms with E-state index in [1.54, 1.807) is 24.3 Å². The Bertz CT molecular complexity index is 1130. The Morgan fingerprint density at radius 2 is 1.77 bits per heavy atom. The molecular formula is C23H23FN4O3. The van der Waals surface area contributed by atoms with E-state index in [0.29, 0.717) is 28.0 Å². The van der Waals surface area contributed by atoms with Gasteiger partial charge in [-0.1, -0.05) is 6.92 Å². The van der Waals surface area contributed by atoms with Crippen molar-refractivity contribution in [2.75, 3.05) is 42.9 Å². The van der Waals surface area contributed by atoms with Gasteiger partial charge in [0.1, 0.15) is 11.6 Å². The number of carboxylic acids is 1. The molecule has 1 aromatic heterocycles. The average molecular weight is 422 g/mol. The number of piperazine rings is 1. The van der Waals surface area contributed by atoms with Crippen LogP contribution in [0.3, 0.4) is 0 Å². The number of benzene rings is 2. The molecule has 0 aliphatic carbocycles. The van der Waals surface area contributed by atoms with E-state index in [2.05, 4.69) is 27.0 Å². The molecule has 8 heteroatoms. The number of carbonyl (C=O) groups excluding carboxylic acids is 1. The standard InChI is InChI=1S/C23H23FN4O3/c1-2-27-9-11-28(12-10-27)21-14-19(23(30)31)18-13-17(7-8-20(18)26-21)25-22(29)15-3-5-16(24)6-4-15/h3-8,13-14H,2,9-12H2,1H3,(H,25,29)(H,30,31). The number of likely N-dealkylation sites (N-methyl/N-ethyl adjacent to an activating group) is 1. The smallest absolute Gasteiger partial charge is 0.336 e. The van der Waals surface area contributed by atoms with Gasteiger partial charge in [0.25, 0.3) is 5.91 Å². The molecule has 2 N–H and O–H groups in total. The first kappa shape index (κ1) is 20.7. The number of nitrogens with zero attached hydrogens (tertiary/aromatic N) is 3. The lowest BCUT2D eigenvalue weighted by atomic mass is 10.1. The summed E-state index contributed by atoms with van der Waals surface area (Å²) in [7, 11) is 0. The molecule has 1 amide bonds. The number of hydrogen-bond donors (Lipinski definition) is 2. The molecule has 2 heterocycles. The summed E-state index contributed by atoms with van der Waals surface area (Å²) in [5.41, 5.74) is 1.43. The monoisotopic (exact) mass is 422 g/mol. The average Bonchev–Trinajstić information content (AvgIpc) is 2.78. The predicted octanol–water partition coefficient (Wildman–Crippen LogP) is 3.47. The van der Waals surface area contributed by atoms with E-state index >= 15 is 0 Å². The molecule has 1 aliphatic rings. The Labute approximate surface area is 179 Å². The molecule has 0 bridgehead atoms. The molecule has 3 aromatic rings. The zero-order chi connectivity index (χ0) is 22.0. The van der Waals surface area contributed by atoms with Gasteiger partial charge in [0.2, 0.25) is 0 Å². The molecular weight excluding hydrogens is 399 g/mol. The maximum absolute atomic E-state index is 13.1. The van der Waals surface area contributed by atoms with Gasteiger partial charge in [-0.05, 0) is 55.1 Å². The number of anilines is 2. The number of aromatic nitrogens is 1. The summed E-state index contributed by atoms with van der Waals surface area (Å²) >= 11 is 0. The number of aromatic carboxylic acids is 1. The van der Waals surface area contributed by atoms with Crippen molar-refractivity contribution in [3.63, 3.8) is 0 Å². The van der Waals surface area contributed by atoms with Gasteiger partial charge in [-0.2, -0.15) is 0 Å². The van der Waals surface area contributed by atoms with Crippen LogP contribution in [-0.4, -0.2) is 59.6 Å². The fraction of sp³-hybridized carbons (Fsp3) is 0.261. The second-order valence-corrected chi connectivity index (χ2v) is 7.45. The van der Waals surface area contributed by atoms with Crippen molar-refractivity contribution in [2.45, 2.75) is 6.92 Å². The Morgan fingerprint density at radius 1 is 1.06 bits per heavy atom. The van der Waals surface area contributed by atoms with Crippen molar-refractivity contribution >= 4 is 34.3 Å². The number of nitrogens with one attached hydrogen (secondary N) is 1. The van der Waals surface area contributed by atoms with Gasteiger partial charge < -0.3 is 20.2 Å². The van der Waals surface area contributed by atoms with E-state index in [4.69, 9.17) is 0 Å². The third kappa shape index (κ3) is 4.49. The third-order valence-corrected chi connectivity index (χ3v) is 5.53. The molecule has 31 heavy (non-hydrogen) atoms. The number of rotatable bonds is 5. The first-order valence-electron chi connectivity index (χ1n) is 10.2. The second-order valence-electron chi connectivity index (χ2n) is 7.45. The van der Waals surface area contributed by atoms with Crippen molar-refractivity contribution in [3.8, 4) is 0 Å². The highest BCUT2D eigenvalue weighted by Crippen LogP contribution is 2.27. The first-order valence-corrected chi connectivity index (χ1v) is 10.2. The molecule has 0 unspecified atom stereocenters. The summed E-state index contributed by atoms with van der Waals surface area (Å²) in [5.74, 6) is -1.24. The number of halogens is 1. The van der Waals surface area contributed by atoms with Gasteiger partial charge in [0.15, 0.2) is 0 Å². The lowest BCUT2D eigenvalue weighted by Crippen LogP contribution is -2.46. The van der Waals surface area contributed by atoms with Crippen LogP contribution in [0.1, 0.15) is 27.6 Å². The van der Waals surface area contributed by atoms with Crippen LogP contribution in [0.15, 0.2) is 48.5 Å². The molecule has 4 rings (SSSR count). The van der Waals surface area contributed by atoms with Gasteiger partial charge in [-0.15, -0.1) is 0 Å². The second kappa shape index (κ2) is 8.69. The predicted molar refractivity (Wildman–Crippen MR) is 117 cm³/mol. The van der Waals surface area contributed by atoms with Crippen LogP contribution < -0.4 is 10.2 Å². The Hall–Kier alpha value is -3.52. The Morgan fingerprint density at radius 3 is 2.42 bits per heavy atom. The van der Waals surface area contributed by atoms with Crippen LogP contribution in [0.2, 0.25) is 0 Å². The fourth-order valence-corrected chi connectivity index (χ4v) is 3.73. The molecule has 1 aliphatic heterocycles. The van der Waals surface area contributed by atoms with E-state index in [9.17, 15) is 19.1 Å². The van der Waals surface area contributed by atoms with E-state index in [1.807, 2.05) is 0 Å². The van der Waals surface area contributed by atoms with Crippen LogP contribution in [0.5, 0.6) is 0 Å². The van der Waals surface area contributed by atoms with Crippen LogP contribution in [0.25, 0.3) is 10.9 Å². The minimum absolute atomic E-state index is 0.135. The number of carboxylic acid groups (broad SMARTS) is 1. The Balaban J connectivity index is 1.63. The van der Waals surface area contributed by atoms with Gasteiger partial charge in [-0.3, -0.25) is 4.79 Å². The first-order chi connectivity index (χ1) is 14.9. The van der Waals surface area contributed by atoms with Gasteiger partial charge in [0.05, 0.1) is 11.1 Å². The molecule has 0 saturated carbocycles. The van der Waals surface area contributed by atoms with Crippen LogP contribution in [-0.2, 0) is 0 Å². The fourth-order valence-electron chi connectivity index (χ4n) is 3.73. The quantitative estimate of drug-likeness (QED) is 0.655. The number of pyridine rings is 1. The number of carbonyl (C=O) groups is 2. The molecule has 2 aromatic carbocycles. The van der Waals surface area contributed by atoms with Gasteiger partial charge in [-0.25, -0.2) is 14.2 Å². The van der Waals surface area contributed by atoms with Crippen molar-refractivity contribution in [3.05, 3.63) is 65.5 Å². The summed E-state index contributed by atoms with van der Waals surface area (Å²) in [6, 6.07) is 11.8. The zero-order valence-corrected chi connectivity index (χ0v) is 17.1. The third-order valence-electron chi connectivity index (χ3n) is 5.53. The van der Waals surface area contributed by atoms with Crippen molar-refractivity contribution < 1.29 is 19.1 Å². The summed E-state index contributed by atoms with van der Waals surface area (Å²) in [6.07, 6.45) is 0. The molecule has 0 spiro atoms. The minimum atomic E-state index is -1.05. The summed E-state index contributed by atoms with van der Waals surface area (Å²) in [4.78, 5) is 33.5. The maximum atomic E-state index is 13.1. The highest BCUT2D eigenvalue weighted by Gasteiger charge is 2.20. The molecule has 0 atom stereocenters. The Kier molecular flexibility index (Phi) is 5.81. The van der Waals surface area contributed by atoms with Gasteiger partial charge in [0, 0.05) is 42.8 Å². The lowest BCUT2D eigenvalue weighted by Gasteiger charge is -2.35. The summed E-state index contributed by atoms with van der Waals surface area (Å²) in [6.45, 7) is 6.51. The summed E-state index contributed by atoms with van der Waals surface area (Å²) < 4.78 is 13.1. The van der Waals surface area contributed by atoms with Crippen LogP contribution >= 0.6 is 0 Å². The number of fused-ring (bicyclic) bond motifs is 1. The van der Waals surface area contributed by atoms with E-state index < -0.39 is 17.7 Å². The molecule has 0 radical (unpaired) electrons. The highest BCUT2D eigenvalue weighted by molar-refractivity contribution is 6.08. The van der Waals surface area contributed by atoms with E-state index in [-0.39, 0.29) is 5.56 Å². The maximum Gasteiger partial charge on any atom is 0.336 e. The topological polar surface area (TPSA) is 85.8 Å². The van der Waals surface area contributed by atoms with E-state index in [1.165, 1.54) is 24.3 Å². The SMILES string of the molecule is CCN1CCN(c2cc(C(=O)O)c3cc(NC(=O)c4ccc(F)cc4)ccc3n2)CC1. The van der Waals surface area contributed by atoms with Crippen molar-refractivity contribution in [2.24, 2.45) is 0 Å². The number of hydrogen-bond acceptors (Lipinski definition) is 5. The van der Waals surface area contributed by atoms with Crippen molar-refractivity contribution in [1.29, 1.82) is 0 Å². The zero-order valence-electron chi connectivity index (χ0n) is 17.1. The largest absolute Gasteiger partial charge is 0.478 e.